The molecule has 6 nitrogen and oxygen atoms in total. The van der Waals surface area contributed by atoms with Crippen molar-refractivity contribution in [3.05, 3.63) is 48.6 Å². The summed E-state index contributed by atoms with van der Waals surface area (Å²) >= 11 is 0. The highest BCUT2D eigenvalue weighted by Gasteiger charge is 2.19. The molecule has 0 heterocycles. The highest BCUT2D eigenvalue weighted by molar-refractivity contribution is 5.71. The highest BCUT2D eigenvalue weighted by Crippen LogP contribution is 2.17. The van der Waals surface area contributed by atoms with Crippen LogP contribution in [-0.2, 0) is 28.6 Å². The molecule has 0 aromatic rings. The number of carbonyl (C=O) groups excluding carboxylic acids is 3. The van der Waals surface area contributed by atoms with Gasteiger partial charge in [0.2, 0.25) is 0 Å². The van der Waals surface area contributed by atoms with Gasteiger partial charge >= 0.3 is 17.9 Å². The largest absolute Gasteiger partial charge is 0.462 e. The van der Waals surface area contributed by atoms with E-state index < -0.39 is 6.10 Å². The second-order valence-corrected chi connectivity index (χ2v) is 21.3. The summed E-state index contributed by atoms with van der Waals surface area (Å²) in [5.74, 6) is -0.866. The predicted molar refractivity (Wildman–Crippen MR) is 312 cm³/mol. The van der Waals surface area contributed by atoms with Gasteiger partial charge in [0, 0.05) is 19.3 Å². The zero-order valence-electron chi connectivity index (χ0n) is 48.2. The maximum Gasteiger partial charge on any atom is 0.306 e. The van der Waals surface area contributed by atoms with Gasteiger partial charge in [-0.2, -0.15) is 0 Å². The van der Waals surface area contributed by atoms with E-state index in [4.69, 9.17) is 14.2 Å². The summed E-state index contributed by atoms with van der Waals surface area (Å²) in [4.78, 5) is 38.1. The van der Waals surface area contributed by atoms with Gasteiger partial charge in [-0.05, 0) is 77.0 Å². The summed E-state index contributed by atoms with van der Waals surface area (Å²) in [6.45, 7) is 6.60. The lowest BCUT2D eigenvalue weighted by molar-refractivity contribution is -0.167. The molecule has 0 radical (unpaired) electrons. The third-order valence-electron chi connectivity index (χ3n) is 14.0. The van der Waals surface area contributed by atoms with E-state index in [0.717, 1.165) is 83.5 Å². The maximum atomic E-state index is 12.8. The van der Waals surface area contributed by atoms with Gasteiger partial charge in [0.15, 0.2) is 6.10 Å². The van der Waals surface area contributed by atoms with Gasteiger partial charge in [-0.25, -0.2) is 0 Å². The van der Waals surface area contributed by atoms with Crippen LogP contribution < -0.4 is 0 Å². The molecule has 1 unspecified atom stereocenters. The molecule has 0 N–H and O–H groups in total. The summed E-state index contributed by atoms with van der Waals surface area (Å²) in [6.07, 6.45) is 75.6. The Balaban J connectivity index is 4.13. The van der Waals surface area contributed by atoms with Gasteiger partial charge in [0.25, 0.3) is 0 Å². The lowest BCUT2D eigenvalue weighted by Gasteiger charge is -2.18. The van der Waals surface area contributed by atoms with Crippen molar-refractivity contribution >= 4 is 17.9 Å². The van der Waals surface area contributed by atoms with Crippen LogP contribution in [0.2, 0.25) is 0 Å². The van der Waals surface area contributed by atoms with E-state index in [1.807, 2.05) is 0 Å². The molecule has 0 bridgehead atoms. The van der Waals surface area contributed by atoms with Crippen molar-refractivity contribution < 1.29 is 28.6 Å². The molecule has 420 valence electrons. The SMILES string of the molecule is CCC/C=C\CCCCCCCC(=O)OCC(COC(=O)CCCCCCCCCCCCCCCC/C=C\C/C=C\C/C=C\CCCCCCC)OC(=O)CCCCCCCCCCCCCCCCC. The van der Waals surface area contributed by atoms with Crippen LogP contribution in [0.1, 0.15) is 335 Å². The quantitative estimate of drug-likeness (QED) is 0.0261. The van der Waals surface area contributed by atoms with Crippen molar-refractivity contribution in [3.8, 4) is 0 Å². The fourth-order valence-electron chi connectivity index (χ4n) is 9.28. The van der Waals surface area contributed by atoms with Crippen LogP contribution in [0, 0.1) is 0 Å². The number of ether oxygens (including phenoxy) is 3. The van der Waals surface area contributed by atoms with Gasteiger partial charge in [0.05, 0.1) is 0 Å². The van der Waals surface area contributed by atoms with Crippen LogP contribution in [0.3, 0.4) is 0 Å². The van der Waals surface area contributed by atoms with Crippen molar-refractivity contribution in [2.75, 3.05) is 13.2 Å². The van der Waals surface area contributed by atoms with Gasteiger partial charge in [-0.3, -0.25) is 14.4 Å². The molecule has 72 heavy (non-hydrogen) atoms. The average Bonchev–Trinajstić information content (AvgIpc) is 3.38. The first-order valence-electron chi connectivity index (χ1n) is 31.6. The summed E-state index contributed by atoms with van der Waals surface area (Å²) < 4.78 is 16.9. The number of unbranched alkanes of at least 4 members (excludes halogenated alkanes) is 39. The average molecular weight is 1010 g/mol. The van der Waals surface area contributed by atoms with E-state index in [1.54, 1.807) is 0 Å². The summed E-state index contributed by atoms with van der Waals surface area (Å²) in [6, 6.07) is 0. The second-order valence-electron chi connectivity index (χ2n) is 21.3. The standard InChI is InChI=1S/C66H120O6/c1-4-7-10-13-16-19-22-24-26-27-28-29-30-31-32-33-34-35-36-37-38-39-41-42-44-47-50-53-56-59-65(68)71-62-63(61-70-64(67)58-55-52-49-46-21-18-15-12-9-6-3)72-66(69)60-57-54-51-48-45-43-40-25-23-20-17-14-11-8-5-2/h12,15,22,24,27-28,30-31,63H,4-11,13-14,16-21,23,25-26,29,32-62H2,1-3H3/b15-12-,24-22-,28-27-,31-30-. The highest BCUT2D eigenvalue weighted by atomic mass is 16.6. The normalized spacial score (nSPS) is 12.3. The molecule has 0 saturated carbocycles. The zero-order chi connectivity index (χ0) is 52.2. The second kappa shape index (κ2) is 60.9. The van der Waals surface area contributed by atoms with Crippen LogP contribution in [0.5, 0.6) is 0 Å². The third-order valence-corrected chi connectivity index (χ3v) is 14.0. The molecule has 0 aliphatic rings. The van der Waals surface area contributed by atoms with E-state index in [1.165, 1.54) is 212 Å². The van der Waals surface area contributed by atoms with E-state index in [-0.39, 0.29) is 31.1 Å². The van der Waals surface area contributed by atoms with Crippen LogP contribution in [-0.4, -0.2) is 37.2 Å². The first kappa shape index (κ1) is 69.4. The number of hydrogen-bond acceptors (Lipinski definition) is 6. The van der Waals surface area contributed by atoms with Crippen LogP contribution in [0.4, 0.5) is 0 Å². The molecule has 0 fully saturated rings. The lowest BCUT2D eigenvalue weighted by atomic mass is 10.0. The van der Waals surface area contributed by atoms with Crippen molar-refractivity contribution in [3.63, 3.8) is 0 Å². The maximum absolute atomic E-state index is 12.8. The Morgan fingerprint density at radius 1 is 0.278 bits per heavy atom. The lowest BCUT2D eigenvalue weighted by Crippen LogP contribution is -2.30. The molecule has 0 aliphatic carbocycles. The first-order chi connectivity index (χ1) is 35.5. The van der Waals surface area contributed by atoms with Gasteiger partial charge < -0.3 is 14.2 Å². The predicted octanol–water partition coefficient (Wildman–Crippen LogP) is 21.4. The summed E-state index contributed by atoms with van der Waals surface area (Å²) in [5, 5.41) is 0. The molecule has 0 amide bonds. The Morgan fingerprint density at radius 3 is 0.847 bits per heavy atom. The molecule has 0 aromatic carbocycles. The fraction of sp³-hybridized carbons (Fsp3) is 0.833. The molecule has 0 aromatic heterocycles. The molecule has 0 spiro atoms. The number of hydrogen-bond donors (Lipinski definition) is 0. The minimum absolute atomic E-state index is 0.0721. The van der Waals surface area contributed by atoms with E-state index in [0.29, 0.717) is 19.3 Å². The Bertz CT molecular complexity index is 1250. The topological polar surface area (TPSA) is 78.9 Å². The zero-order valence-corrected chi connectivity index (χ0v) is 48.2. The Hall–Kier alpha value is -2.63. The smallest absolute Gasteiger partial charge is 0.306 e. The van der Waals surface area contributed by atoms with Crippen molar-refractivity contribution in [1.29, 1.82) is 0 Å². The monoisotopic (exact) mass is 1010 g/mol. The first-order valence-corrected chi connectivity index (χ1v) is 31.6. The van der Waals surface area contributed by atoms with E-state index >= 15 is 0 Å². The van der Waals surface area contributed by atoms with Crippen LogP contribution >= 0.6 is 0 Å². The van der Waals surface area contributed by atoms with E-state index in [2.05, 4.69) is 69.4 Å². The van der Waals surface area contributed by atoms with Gasteiger partial charge in [-0.15, -0.1) is 0 Å². The minimum Gasteiger partial charge on any atom is -0.462 e. The Kier molecular flexibility index (Phi) is 58.7. The Labute approximate surface area is 448 Å². The van der Waals surface area contributed by atoms with Crippen molar-refractivity contribution in [2.24, 2.45) is 0 Å². The summed E-state index contributed by atoms with van der Waals surface area (Å²) in [5.41, 5.74) is 0. The minimum atomic E-state index is -0.773. The third kappa shape index (κ3) is 58.3. The van der Waals surface area contributed by atoms with Crippen LogP contribution in [0.15, 0.2) is 48.6 Å². The molecule has 0 rings (SSSR count). The number of carbonyl (C=O) groups is 3. The molecular formula is C66H120O6. The van der Waals surface area contributed by atoms with E-state index in [9.17, 15) is 14.4 Å². The molecule has 0 saturated heterocycles. The molecule has 1 atom stereocenters. The molecule has 6 heteroatoms. The van der Waals surface area contributed by atoms with Crippen LogP contribution in [0.25, 0.3) is 0 Å². The molecular weight excluding hydrogens is 889 g/mol. The van der Waals surface area contributed by atoms with Gasteiger partial charge in [-0.1, -0.05) is 288 Å². The van der Waals surface area contributed by atoms with Crippen molar-refractivity contribution in [1.82, 2.24) is 0 Å². The fourth-order valence-corrected chi connectivity index (χ4v) is 9.28. The van der Waals surface area contributed by atoms with Gasteiger partial charge in [0.1, 0.15) is 13.2 Å². The summed E-state index contributed by atoms with van der Waals surface area (Å²) in [7, 11) is 0. The molecule has 0 aliphatic heterocycles. The number of rotatable bonds is 58. The number of esters is 3. The van der Waals surface area contributed by atoms with Crippen molar-refractivity contribution in [2.45, 2.75) is 341 Å². The Morgan fingerprint density at radius 2 is 0.528 bits per heavy atom. The number of allylic oxidation sites excluding steroid dienone is 8.